The maximum atomic E-state index is 12.2. The largest absolute Gasteiger partial charge is 0.393 e. The molecule has 0 heterocycles. The van der Waals surface area contributed by atoms with Crippen LogP contribution in [-0.2, 0) is 22.4 Å². The Bertz CT molecular complexity index is 804. The van der Waals surface area contributed by atoms with E-state index >= 15 is 0 Å². The van der Waals surface area contributed by atoms with E-state index in [1.807, 2.05) is 38.1 Å². The van der Waals surface area contributed by atoms with Gasteiger partial charge in [0.05, 0.1) is 6.10 Å². The Balaban J connectivity index is 1.66. The quantitative estimate of drug-likeness (QED) is 0.731. The summed E-state index contributed by atoms with van der Waals surface area (Å²) in [6.07, 6.45) is 1.98. The normalized spacial score (nSPS) is 13.9. The van der Waals surface area contributed by atoms with Gasteiger partial charge in [0.1, 0.15) is 0 Å². The van der Waals surface area contributed by atoms with Gasteiger partial charge in [-0.2, -0.15) is 0 Å². The molecule has 0 fully saturated rings. The molecule has 3 rings (SSSR count). The van der Waals surface area contributed by atoms with E-state index < -0.39 is 17.9 Å². The molecule has 0 aromatic heterocycles. The third kappa shape index (κ3) is 3.66. The van der Waals surface area contributed by atoms with Crippen molar-refractivity contribution in [2.75, 3.05) is 11.9 Å². The van der Waals surface area contributed by atoms with Gasteiger partial charge in [-0.1, -0.05) is 38.1 Å². The van der Waals surface area contributed by atoms with E-state index in [-0.39, 0.29) is 12.5 Å². The Labute approximate surface area is 147 Å². The number of anilines is 1. The summed E-state index contributed by atoms with van der Waals surface area (Å²) >= 11 is 0. The van der Waals surface area contributed by atoms with Crippen LogP contribution in [0.2, 0.25) is 0 Å². The van der Waals surface area contributed by atoms with Crippen LogP contribution in [0.4, 0.5) is 5.69 Å². The number of aryl methyl sites for hydroxylation is 2. The molecule has 1 atom stereocenters. The lowest BCUT2D eigenvalue weighted by molar-refractivity contribution is -0.136. The van der Waals surface area contributed by atoms with Crippen molar-refractivity contribution < 1.29 is 14.7 Å². The molecule has 2 aromatic rings. The third-order valence-corrected chi connectivity index (χ3v) is 4.83. The summed E-state index contributed by atoms with van der Waals surface area (Å²) in [5, 5.41) is 17.2. The summed E-state index contributed by atoms with van der Waals surface area (Å²) in [4.78, 5) is 24.1. The lowest BCUT2D eigenvalue weighted by atomic mass is 10.0. The number of nitrogens with one attached hydrogen (secondary N) is 2. The van der Waals surface area contributed by atoms with Gasteiger partial charge in [-0.05, 0) is 47.8 Å². The average molecular weight is 340 g/mol. The van der Waals surface area contributed by atoms with Crippen LogP contribution in [0.15, 0.2) is 30.3 Å². The molecular formula is C20H24N2O3. The molecule has 2 amide bonds. The van der Waals surface area contributed by atoms with Gasteiger partial charge in [0.25, 0.3) is 0 Å². The number of carbonyl (C=O) groups is 2. The van der Waals surface area contributed by atoms with Crippen LogP contribution < -0.4 is 10.6 Å². The highest BCUT2D eigenvalue weighted by molar-refractivity contribution is 6.40. The Kier molecular flexibility index (Phi) is 5.04. The van der Waals surface area contributed by atoms with Crippen LogP contribution in [0.1, 0.15) is 31.4 Å². The first-order valence-corrected chi connectivity index (χ1v) is 8.78. The van der Waals surface area contributed by atoms with Crippen LogP contribution in [0.3, 0.4) is 0 Å². The van der Waals surface area contributed by atoms with Crippen LogP contribution in [-0.4, -0.2) is 29.6 Å². The van der Waals surface area contributed by atoms with Crippen molar-refractivity contribution >= 4 is 28.3 Å². The van der Waals surface area contributed by atoms with E-state index in [9.17, 15) is 14.7 Å². The highest BCUT2D eigenvalue weighted by Gasteiger charge is 2.19. The molecule has 25 heavy (non-hydrogen) atoms. The van der Waals surface area contributed by atoms with E-state index in [0.717, 1.165) is 18.2 Å². The Morgan fingerprint density at radius 3 is 2.52 bits per heavy atom. The van der Waals surface area contributed by atoms with Crippen molar-refractivity contribution in [1.82, 2.24) is 5.32 Å². The van der Waals surface area contributed by atoms with Crippen molar-refractivity contribution in [3.63, 3.8) is 0 Å². The maximum Gasteiger partial charge on any atom is 0.313 e. The molecule has 3 N–H and O–H groups in total. The molecule has 0 saturated carbocycles. The van der Waals surface area contributed by atoms with Gasteiger partial charge in [0.2, 0.25) is 0 Å². The van der Waals surface area contributed by atoms with E-state index in [4.69, 9.17) is 0 Å². The number of hydrogen-bond acceptors (Lipinski definition) is 3. The molecule has 0 radical (unpaired) electrons. The molecule has 5 nitrogen and oxygen atoms in total. The molecular weight excluding hydrogens is 316 g/mol. The Morgan fingerprint density at radius 1 is 1.08 bits per heavy atom. The van der Waals surface area contributed by atoms with E-state index in [2.05, 4.69) is 16.7 Å². The fourth-order valence-electron chi connectivity index (χ4n) is 3.28. The van der Waals surface area contributed by atoms with Crippen molar-refractivity contribution in [1.29, 1.82) is 0 Å². The molecule has 5 heteroatoms. The molecule has 0 aliphatic heterocycles. The molecule has 0 saturated heterocycles. The minimum Gasteiger partial charge on any atom is -0.393 e. The van der Waals surface area contributed by atoms with Gasteiger partial charge in [0.15, 0.2) is 0 Å². The zero-order valence-corrected chi connectivity index (χ0v) is 14.6. The second-order valence-electron chi connectivity index (χ2n) is 6.92. The second kappa shape index (κ2) is 7.23. The topological polar surface area (TPSA) is 78.4 Å². The number of benzene rings is 2. The summed E-state index contributed by atoms with van der Waals surface area (Å²) in [7, 11) is 0. The van der Waals surface area contributed by atoms with Gasteiger partial charge in [-0.25, -0.2) is 0 Å². The second-order valence-corrected chi connectivity index (χ2v) is 6.92. The number of carbonyl (C=O) groups excluding carboxylic acids is 2. The molecule has 1 aliphatic carbocycles. The molecule has 132 valence electrons. The van der Waals surface area contributed by atoms with Crippen molar-refractivity contribution in [3.8, 4) is 0 Å². The molecule has 0 bridgehead atoms. The maximum absolute atomic E-state index is 12.2. The first kappa shape index (κ1) is 17.4. The van der Waals surface area contributed by atoms with Crippen molar-refractivity contribution in [2.24, 2.45) is 5.92 Å². The van der Waals surface area contributed by atoms with Crippen molar-refractivity contribution in [3.05, 3.63) is 41.5 Å². The summed E-state index contributed by atoms with van der Waals surface area (Å²) < 4.78 is 0. The predicted molar refractivity (Wildman–Crippen MR) is 98.5 cm³/mol. The molecule has 1 aliphatic rings. The van der Waals surface area contributed by atoms with Gasteiger partial charge in [-0.3, -0.25) is 9.59 Å². The van der Waals surface area contributed by atoms with Crippen molar-refractivity contribution in [2.45, 2.75) is 39.2 Å². The lowest BCUT2D eigenvalue weighted by Crippen LogP contribution is -2.37. The fourth-order valence-corrected chi connectivity index (χ4v) is 3.28. The fraction of sp³-hybridized carbons (Fsp3) is 0.400. The summed E-state index contributed by atoms with van der Waals surface area (Å²) in [6, 6.07) is 9.94. The number of hydrogen-bond donors (Lipinski definition) is 3. The van der Waals surface area contributed by atoms with Gasteiger partial charge >= 0.3 is 11.8 Å². The van der Waals surface area contributed by atoms with E-state index in [0.29, 0.717) is 12.1 Å². The monoisotopic (exact) mass is 340 g/mol. The van der Waals surface area contributed by atoms with Crippen LogP contribution in [0.5, 0.6) is 0 Å². The summed E-state index contributed by atoms with van der Waals surface area (Å²) in [5.74, 6) is -1.24. The Hall–Kier alpha value is -2.40. The molecule has 1 unspecified atom stereocenters. The zero-order valence-electron chi connectivity index (χ0n) is 14.6. The average Bonchev–Trinajstić information content (AvgIpc) is 3.01. The van der Waals surface area contributed by atoms with Gasteiger partial charge < -0.3 is 15.7 Å². The molecule has 0 spiro atoms. The van der Waals surface area contributed by atoms with Gasteiger partial charge in [0, 0.05) is 17.6 Å². The molecule has 2 aromatic carbocycles. The minimum absolute atomic E-state index is 0.124. The first-order chi connectivity index (χ1) is 12.0. The highest BCUT2D eigenvalue weighted by atomic mass is 16.3. The predicted octanol–water partition coefficient (Wildman–Crippen LogP) is 2.40. The van der Waals surface area contributed by atoms with Crippen LogP contribution in [0, 0.1) is 5.92 Å². The lowest BCUT2D eigenvalue weighted by Gasteiger charge is -2.14. The summed E-state index contributed by atoms with van der Waals surface area (Å²) in [6.45, 7) is 4.10. The highest BCUT2D eigenvalue weighted by Crippen LogP contribution is 2.34. The standard InChI is InChI=1S/C20H24N2O3/c1-12(2)17(23)10-11-21-19(24)20(25)22-16-9-8-14-7-6-13-4-3-5-15(16)18(13)14/h3-5,8-9,12,17,23H,6-7,10-11H2,1-2H3,(H,21,24)(H,22,25). The smallest absolute Gasteiger partial charge is 0.313 e. The van der Waals surface area contributed by atoms with Gasteiger partial charge in [-0.15, -0.1) is 0 Å². The number of aliphatic hydroxyl groups is 1. The first-order valence-electron chi connectivity index (χ1n) is 8.78. The number of rotatable bonds is 5. The van der Waals surface area contributed by atoms with E-state index in [1.54, 1.807) is 0 Å². The SMILES string of the molecule is CC(C)C(O)CCNC(=O)C(=O)Nc1ccc2c3c(cccc13)CC2. The number of amides is 2. The third-order valence-electron chi connectivity index (χ3n) is 4.83. The minimum atomic E-state index is -0.683. The van der Waals surface area contributed by atoms with Crippen LogP contribution >= 0.6 is 0 Å². The zero-order chi connectivity index (χ0) is 18.0. The summed E-state index contributed by atoms with van der Waals surface area (Å²) in [5.41, 5.74) is 3.23. The van der Waals surface area contributed by atoms with E-state index in [1.165, 1.54) is 16.5 Å². The Morgan fingerprint density at radius 2 is 1.80 bits per heavy atom. The number of aliphatic hydroxyl groups excluding tert-OH is 1. The van der Waals surface area contributed by atoms with Crippen LogP contribution in [0.25, 0.3) is 10.8 Å².